The maximum atomic E-state index is 12.4. The summed E-state index contributed by atoms with van der Waals surface area (Å²) in [6, 6.07) is 24.2. The number of likely N-dealkylation sites (tertiary alicyclic amines) is 1. The maximum Gasteiger partial charge on any atom is 0.303 e. The molecule has 1 amide bonds. The second kappa shape index (κ2) is 14.9. The van der Waals surface area contributed by atoms with Gasteiger partial charge in [-0.05, 0) is 60.7 Å². The number of carbonyl (C=O) groups excluding carboxylic acids is 2. The molecule has 0 bridgehead atoms. The van der Waals surface area contributed by atoms with Gasteiger partial charge in [0.25, 0.3) is 5.91 Å². The fourth-order valence-corrected chi connectivity index (χ4v) is 6.13. The smallest absolute Gasteiger partial charge is 0.303 e. The Morgan fingerprint density at radius 2 is 1.64 bits per heavy atom. The van der Waals surface area contributed by atoms with Gasteiger partial charge in [0.2, 0.25) is 0 Å². The van der Waals surface area contributed by atoms with Crippen molar-refractivity contribution in [2.75, 3.05) is 19.6 Å². The number of benzene rings is 3. The van der Waals surface area contributed by atoms with Gasteiger partial charge in [-0.2, -0.15) is 0 Å². The van der Waals surface area contributed by atoms with Gasteiger partial charge in [0.1, 0.15) is 0 Å². The minimum Gasteiger partial charge on any atom is -0.453 e. The number of nitrogens with zero attached hydrogens (tertiary/aromatic N) is 1. The zero-order valence-corrected chi connectivity index (χ0v) is 25.9. The van der Waals surface area contributed by atoms with Gasteiger partial charge in [0.15, 0.2) is 12.4 Å². The Morgan fingerprint density at radius 1 is 0.955 bits per heavy atom. The lowest BCUT2D eigenvalue weighted by atomic mass is 9.89. The van der Waals surface area contributed by atoms with Crippen molar-refractivity contribution in [3.05, 3.63) is 95.1 Å². The third kappa shape index (κ3) is 7.93. The number of amides is 1. The molecule has 0 saturated carbocycles. The molecule has 3 aromatic carbocycles. The van der Waals surface area contributed by atoms with Crippen LogP contribution in [0.5, 0.6) is 0 Å². The molecule has 2 aliphatic rings. The Kier molecular flexibility index (Phi) is 10.8. The molecule has 2 heterocycles. The highest BCUT2D eigenvalue weighted by molar-refractivity contribution is 5.83. The molecule has 44 heavy (non-hydrogen) atoms. The largest absolute Gasteiger partial charge is 0.453 e. The fourth-order valence-electron chi connectivity index (χ4n) is 6.13. The summed E-state index contributed by atoms with van der Waals surface area (Å²) in [4.78, 5) is 26.2. The van der Waals surface area contributed by atoms with Gasteiger partial charge in [-0.15, -0.1) is 0 Å². The molecule has 2 saturated heterocycles. The van der Waals surface area contributed by atoms with Gasteiger partial charge in [0, 0.05) is 31.5 Å². The van der Waals surface area contributed by atoms with Crippen molar-refractivity contribution >= 4 is 11.9 Å². The quantitative estimate of drug-likeness (QED) is 0.289. The van der Waals surface area contributed by atoms with Crippen molar-refractivity contribution in [1.82, 2.24) is 10.2 Å². The highest BCUT2D eigenvalue weighted by Crippen LogP contribution is 2.42. The van der Waals surface area contributed by atoms with E-state index < -0.39 is 18.4 Å². The van der Waals surface area contributed by atoms with Crippen molar-refractivity contribution in [1.29, 1.82) is 0 Å². The van der Waals surface area contributed by atoms with Crippen molar-refractivity contribution in [2.24, 2.45) is 5.92 Å². The van der Waals surface area contributed by atoms with E-state index in [1.807, 2.05) is 36.4 Å². The van der Waals surface area contributed by atoms with Crippen LogP contribution < -0.4 is 5.32 Å². The highest BCUT2D eigenvalue weighted by atomic mass is 16.7. The molecule has 5 atom stereocenters. The van der Waals surface area contributed by atoms with Crippen LogP contribution in [0.4, 0.5) is 0 Å². The monoisotopic (exact) mass is 600 g/mol. The Bertz CT molecular complexity index is 1390. The molecular weight excluding hydrogens is 556 g/mol. The molecule has 8 heteroatoms. The normalized spacial score (nSPS) is 23.1. The number of rotatable bonds is 10. The molecule has 8 nitrogen and oxygen atoms in total. The van der Waals surface area contributed by atoms with Crippen LogP contribution in [0, 0.1) is 5.92 Å². The van der Waals surface area contributed by atoms with Crippen LogP contribution in [0.15, 0.2) is 72.8 Å². The first-order chi connectivity index (χ1) is 21.3. The third-order valence-corrected chi connectivity index (χ3v) is 8.69. The van der Waals surface area contributed by atoms with Crippen LogP contribution in [0.3, 0.4) is 0 Å². The zero-order valence-electron chi connectivity index (χ0n) is 25.9. The summed E-state index contributed by atoms with van der Waals surface area (Å²) in [5.41, 5.74) is 5.88. The number of hydrogen-bond acceptors (Lipinski definition) is 7. The lowest BCUT2D eigenvalue weighted by molar-refractivity contribution is -0.276. The summed E-state index contributed by atoms with van der Waals surface area (Å²) < 4.78 is 18.3. The summed E-state index contributed by atoms with van der Waals surface area (Å²) in [6.07, 6.45) is 2.23. The van der Waals surface area contributed by atoms with E-state index >= 15 is 0 Å². The minimum absolute atomic E-state index is 0.00718. The Hall–Kier alpha value is -3.56. The van der Waals surface area contributed by atoms with Crippen LogP contribution in [-0.4, -0.2) is 53.7 Å². The molecule has 0 unspecified atom stereocenters. The molecule has 3 aromatic rings. The molecular formula is C36H44N2O6. The van der Waals surface area contributed by atoms with Gasteiger partial charge in [-0.1, -0.05) is 86.1 Å². The second-order valence-corrected chi connectivity index (χ2v) is 11.9. The lowest BCUT2D eigenvalue weighted by Crippen LogP contribution is -2.45. The van der Waals surface area contributed by atoms with E-state index in [-0.39, 0.29) is 30.6 Å². The van der Waals surface area contributed by atoms with E-state index in [0.717, 1.165) is 53.0 Å². The Morgan fingerprint density at radius 3 is 2.32 bits per heavy atom. The van der Waals surface area contributed by atoms with E-state index in [9.17, 15) is 14.7 Å². The molecule has 0 aliphatic carbocycles. The van der Waals surface area contributed by atoms with Crippen LogP contribution in [-0.2, 0) is 37.0 Å². The van der Waals surface area contributed by atoms with Gasteiger partial charge in [-0.3, -0.25) is 9.59 Å². The summed E-state index contributed by atoms with van der Waals surface area (Å²) in [5, 5.41) is 12.4. The number of piperidine rings is 1. The number of ether oxygens (including phenoxy) is 3. The minimum atomic E-state index is -0.854. The average molecular weight is 601 g/mol. The number of esters is 1. The van der Waals surface area contributed by atoms with Crippen molar-refractivity contribution in [3.63, 3.8) is 0 Å². The third-order valence-electron chi connectivity index (χ3n) is 8.69. The lowest BCUT2D eigenvalue weighted by Gasteiger charge is -2.43. The first-order valence-electron chi connectivity index (χ1n) is 15.7. The predicted octanol–water partition coefficient (Wildman–Crippen LogP) is 5.69. The van der Waals surface area contributed by atoms with Crippen LogP contribution in [0.1, 0.15) is 74.7 Å². The van der Waals surface area contributed by atoms with E-state index in [4.69, 9.17) is 14.2 Å². The Balaban J connectivity index is 1.34. The van der Waals surface area contributed by atoms with Crippen LogP contribution in [0.2, 0.25) is 0 Å². The van der Waals surface area contributed by atoms with Gasteiger partial charge >= 0.3 is 5.97 Å². The average Bonchev–Trinajstić information content (AvgIpc) is 3.05. The summed E-state index contributed by atoms with van der Waals surface area (Å²) in [5.74, 6) is -0.679. The fraction of sp³-hybridized carbons (Fsp3) is 0.444. The zero-order chi connectivity index (χ0) is 31.1. The standard InChI is InChI=1S/C36H44N2O6/c1-24-33(22-38-19-7-4-8-20-38)43-36(44-34(24)29-13-11-27(23-39)12-14-29)30-17-15-28(16-18-30)32-10-6-5-9-31(32)21-37-35(41)25(2)42-26(3)40/h5-6,9-18,24-25,33-34,36,39H,4,7-8,19-23H2,1-3H3,(H,37,41)/t24-,25+,33+,34+,36+/m1/s1. The molecule has 2 fully saturated rings. The second-order valence-electron chi connectivity index (χ2n) is 11.9. The number of hydrogen-bond donors (Lipinski definition) is 2. The van der Waals surface area contributed by atoms with Crippen LogP contribution >= 0.6 is 0 Å². The summed E-state index contributed by atoms with van der Waals surface area (Å²) in [6.45, 7) is 8.46. The molecule has 0 aromatic heterocycles. The van der Waals surface area contributed by atoms with E-state index in [1.54, 1.807) is 6.92 Å². The molecule has 234 valence electrons. The maximum absolute atomic E-state index is 12.4. The van der Waals surface area contributed by atoms with Crippen LogP contribution in [0.25, 0.3) is 11.1 Å². The van der Waals surface area contributed by atoms with Crippen molar-refractivity contribution in [2.45, 2.75) is 77.8 Å². The molecule has 0 radical (unpaired) electrons. The van der Waals surface area contributed by atoms with Gasteiger partial charge in [-0.25, -0.2) is 0 Å². The summed E-state index contributed by atoms with van der Waals surface area (Å²) in [7, 11) is 0. The first-order valence-corrected chi connectivity index (χ1v) is 15.7. The van der Waals surface area contributed by atoms with E-state index in [2.05, 4.69) is 53.5 Å². The van der Waals surface area contributed by atoms with E-state index in [1.165, 1.54) is 26.2 Å². The molecule has 2 aliphatic heterocycles. The number of aliphatic hydroxyl groups is 1. The van der Waals surface area contributed by atoms with Gasteiger partial charge in [0.05, 0.1) is 18.8 Å². The topological polar surface area (TPSA) is 97.3 Å². The Labute approximate surface area is 260 Å². The number of aliphatic hydroxyl groups excluding tert-OH is 1. The number of carbonyl (C=O) groups is 2. The number of nitrogens with one attached hydrogen (secondary N) is 1. The molecule has 0 spiro atoms. The first kappa shape index (κ1) is 31.9. The van der Waals surface area contributed by atoms with Crippen molar-refractivity contribution in [3.8, 4) is 11.1 Å². The summed E-state index contributed by atoms with van der Waals surface area (Å²) >= 11 is 0. The molecule has 2 N–H and O–H groups in total. The highest BCUT2D eigenvalue weighted by Gasteiger charge is 2.39. The SMILES string of the molecule is CC(=O)O[C@@H](C)C(=O)NCc1ccccc1-c1ccc([C@H]2O[C@@H](CN3CCCCC3)[C@@H](C)[C@@H](c3ccc(CO)cc3)O2)cc1. The predicted molar refractivity (Wildman–Crippen MR) is 168 cm³/mol. The van der Waals surface area contributed by atoms with Gasteiger partial charge < -0.3 is 29.5 Å². The van der Waals surface area contributed by atoms with Crippen molar-refractivity contribution < 1.29 is 28.9 Å². The molecule has 5 rings (SSSR count). The van der Waals surface area contributed by atoms with E-state index in [0.29, 0.717) is 6.54 Å².